The Bertz CT molecular complexity index is 1180. The van der Waals surface area contributed by atoms with Gasteiger partial charge in [0.1, 0.15) is 0 Å². The molecule has 0 saturated carbocycles. The smallest absolute Gasteiger partial charge is 1.00 e. The molecule has 0 aliphatic rings. The number of alkyl halides is 3. The first kappa shape index (κ1) is 25.8. The minimum Gasteiger partial charge on any atom is -1.00 e. The van der Waals surface area contributed by atoms with Crippen LogP contribution in [0.4, 0.5) is 18.9 Å². The average Bonchev–Trinajstić information content (AvgIpc) is 2.72. The van der Waals surface area contributed by atoms with Gasteiger partial charge in [-0.3, -0.25) is 4.79 Å². The van der Waals surface area contributed by atoms with Crippen LogP contribution < -0.4 is 24.2 Å². The number of methoxy groups -OCH3 is 1. The molecule has 3 rings (SSSR count). The zero-order valence-electron chi connectivity index (χ0n) is 17.9. The predicted octanol–water partition coefficient (Wildman–Crippen LogP) is 3.83. The average molecular weight is 476 g/mol. The van der Waals surface area contributed by atoms with Gasteiger partial charge in [0.25, 0.3) is 5.91 Å². The second-order valence-corrected chi connectivity index (χ2v) is 7.25. The van der Waals surface area contributed by atoms with Gasteiger partial charge in [-0.15, -0.1) is 0 Å². The first-order chi connectivity index (χ1) is 14.6. The Labute approximate surface area is 205 Å². The largest absolute Gasteiger partial charge is 1.00 e. The third-order valence-electron chi connectivity index (χ3n) is 4.37. The van der Waals surface area contributed by atoms with Crippen molar-refractivity contribution in [1.82, 2.24) is 0 Å². The number of hydrogen-bond acceptors (Lipinski definition) is 3. The molecular formula is C22H15Cl2F3LiNO3. The van der Waals surface area contributed by atoms with E-state index in [1.807, 2.05) is 0 Å². The molecule has 0 radical (unpaired) electrons. The van der Waals surface area contributed by atoms with Gasteiger partial charge in [0.2, 0.25) is 0 Å². The molecule has 3 aromatic rings. The maximum Gasteiger partial charge on any atom is 1.00 e. The number of anilines is 1. The van der Waals surface area contributed by atoms with Gasteiger partial charge in [0.05, 0.1) is 34.5 Å². The molecule has 0 aliphatic heterocycles. The molecule has 0 atom stereocenters. The van der Waals surface area contributed by atoms with Gasteiger partial charge in [-0.1, -0.05) is 41.4 Å². The second-order valence-electron chi connectivity index (χ2n) is 6.41. The van der Waals surface area contributed by atoms with Gasteiger partial charge in [-0.2, -0.15) is 13.2 Å². The molecule has 162 valence electrons. The van der Waals surface area contributed by atoms with Crippen molar-refractivity contribution in [2.45, 2.75) is 6.18 Å². The minimum atomic E-state index is -4.51. The summed E-state index contributed by atoms with van der Waals surface area (Å²) in [5, 5.41) is 3.03. The van der Waals surface area contributed by atoms with Crippen molar-refractivity contribution >= 4 is 40.8 Å². The van der Waals surface area contributed by atoms with Crippen LogP contribution in [0.25, 0.3) is 11.1 Å². The van der Waals surface area contributed by atoms with Crippen molar-refractivity contribution in [2.24, 2.45) is 0 Å². The van der Waals surface area contributed by atoms with Crippen LogP contribution in [0.3, 0.4) is 0 Å². The molecule has 0 unspecified atom stereocenters. The van der Waals surface area contributed by atoms with E-state index in [2.05, 4.69) is 5.32 Å². The summed E-state index contributed by atoms with van der Waals surface area (Å²) in [6, 6.07) is 13.2. The summed E-state index contributed by atoms with van der Waals surface area (Å²) in [5.74, 6) is -1.37. The molecular weight excluding hydrogens is 461 g/mol. The van der Waals surface area contributed by atoms with E-state index in [4.69, 9.17) is 27.9 Å². The fourth-order valence-electron chi connectivity index (χ4n) is 2.85. The van der Waals surface area contributed by atoms with Crippen LogP contribution in [-0.2, 0) is 10.9 Å². The Morgan fingerprint density at radius 3 is 2.25 bits per heavy atom. The normalized spacial score (nSPS) is 10.8. The summed E-state index contributed by atoms with van der Waals surface area (Å²) < 4.78 is 43.9. The van der Waals surface area contributed by atoms with Crippen molar-refractivity contribution in [3.63, 3.8) is 0 Å². The van der Waals surface area contributed by atoms with Gasteiger partial charge in [0, 0.05) is 5.02 Å². The molecule has 0 aromatic heterocycles. The van der Waals surface area contributed by atoms with Crippen LogP contribution in [0.1, 0.15) is 27.7 Å². The second kappa shape index (κ2) is 10.5. The summed E-state index contributed by atoms with van der Waals surface area (Å²) in [6.45, 7) is 0. The number of rotatable bonds is 4. The van der Waals surface area contributed by atoms with Crippen molar-refractivity contribution in [1.29, 1.82) is 0 Å². The Balaban J connectivity index is 0.00000272. The molecule has 0 fully saturated rings. The van der Waals surface area contributed by atoms with Crippen molar-refractivity contribution < 1.29 is 47.8 Å². The minimum absolute atomic E-state index is 0. The van der Waals surface area contributed by atoms with E-state index >= 15 is 0 Å². The van der Waals surface area contributed by atoms with Crippen LogP contribution in [0.2, 0.25) is 10.0 Å². The third-order valence-corrected chi connectivity index (χ3v) is 4.92. The maximum atomic E-state index is 13.0. The number of benzene rings is 3. The van der Waals surface area contributed by atoms with Crippen molar-refractivity contribution in [2.75, 3.05) is 12.4 Å². The first-order valence-corrected chi connectivity index (χ1v) is 9.52. The van der Waals surface area contributed by atoms with Gasteiger partial charge in [-0.25, -0.2) is 4.79 Å². The monoisotopic (exact) mass is 475 g/mol. The maximum absolute atomic E-state index is 13.0. The van der Waals surface area contributed by atoms with E-state index in [0.717, 1.165) is 19.2 Å². The number of esters is 1. The Morgan fingerprint density at radius 1 is 0.938 bits per heavy atom. The van der Waals surface area contributed by atoms with E-state index in [9.17, 15) is 22.8 Å². The van der Waals surface area contributed by atoms with E-state index in [1.165, 1.54) is 48.5 Å². The topological polar surface area (TPSA) is 55.4 Å². The van der Waals surface area contributed by atoms with Gasteiger partial charge >= 0.3 is 31.0 Å². The summed E-state index contributed by atoms with van der Waals surface area (Å²) in [5.41, 5.74) is -0.0229. The Kier molecular flexibility index (Phi) is 8.44. The van der Waals surface area contributed by atoms with Crippen LogP contribution in [0.5, 0.6) is 0 Å². The van der Waals surface area contributed by atoms with Crippen molar-refractivity contribution in [3.05, 3.63) is 87.4 Å². The molecule has 3 aromatic carbocycles. The third kappa shape index (κ3) is 5.87. The zero-order chi connectivity index (χ0) is 22.8. The van der Waals surface area contributed by atoms with Gasteiger partial charge in [0.15, 0.2) is 0 Å². The fourth-order valence-corrected chi connectivity index (χ4v) is 3.34. The summed E-state index contributed by atoms with van der Waals surface area (Å²) in [6.07, 6.45) is -4.51. The first-order valence-electron chi connectivity index (χ1n) is 8.76. The zero-order valence-corrected chi connectivity index (χ0v) is 18.4. The van der Waals surface area contributed by atoms with Crippen molar-refractivity contribution in [3.8, 4) is 11.1 Å². The van der Waals surface area contributed by atoms with Crippen LogP contribution in [-0.4, -0.2) is 19.0 Å². The molecule has 0 heterocycles. The van der Waals surface area contributed by atoms with Crippen LogP contribution in [0, 0.1) is 0 Å². The summed E-state index contributed by atoms with van der Waals surface area (Å²) in [7, 11) is 1.15. The number of nitrogens with one attached hydrogen (secondary N) is 1. The predicted molar refractivity (Wildman–Crippen MR) is 114 cm³/mol. The van der Waals surface area contributed by atoms with Gasteiger partial charge in [-0.05, 0) is 53.6 Å². The molecule has 0 aliphatic carbocycles. The van der Waals surface area contributed by atoms with Crippen LogP contribution in [0.15, 0.2) is 60.7 Å². The molecule has 1 amide bonds. The molecule has 32 heavy (non-hydrogen) atoms. The molecule has 0 bridgehead atoms. The summed E-state index contributed by atoms with van der Waals surface area (Å²) in [4.78, 5) is 24.9. The Morgan fingerprint density at radius 2 is 1.62 bits per heavy atom. The Hall–Kier alpha value is -2.43. The number of hydrogen-bond donors (Lipinski definition) is 1. The molecule has 0 saturated heterocycles. The fraction of sp³-hybridized carbons (Fsp3) is 0.0909. The molecule has 10 heteroatoms. The molecule has 0 spiro atoms. The van der Waals surface area contributed by atoms with E-state index < -0.39 is 23.6 Å². The van der Waals surface area contributed by atoms with Gasteiger partial charge < -0.3 is 11.5 Å². The number of carbonyl (C=O) groups excluding carboxylic acids is 2. The summed E-state index contributed by atoms with van der Waals surface area (Å²) >= 11 is 11.9. The SMILES string of the molecule is COC(=O)c1cc(-c2cccc(C(F)(F)F)c2)ccc1NC(=O)c1ccc(Cl)cc1Cl.[H-].[Li+]. The number of ether oxygens (including phenoxy) is 1. The number of carbonyl (C=O) groups is 2. The van der Waals surface area contributed by atoms with E-state index in [-0.39, 0.29) is 47.7 Å². The number of amides is 1. The number of halogens is 5. The van der Waals surface area contributed by atoms with Crippen LogP contribution >= 0.6 is 23.2 Å². The molecule has 4 nitrogen and oxygen atoms in total. The quantitative estimate of drug-likeness (QED) is 0.460. The molecule has 1 N–H and O–H groups in total. The van der Waals surface area contributed by atoms with E-state index in [1.54, 1.807) is 0 Å². The van der Waals surface area contributed by atoms with E-state index in [0.29, 0.717) is 10.6 Å². The standard InChI is InChI=1S/C22H14Cl2F3NO3.Li.H/c1-31-21(30)17-10-13(12-3-2-4-14(9-12)22(25,26)27)5-8-19(17)28-20(29)16-7-6-15(23)11-18(16)24;;/h2-11H,1H3,(H,28,29);;/q;+1;-1.